The van der Waals surface area contributed by atoms with Gasteiger partial charge in [-0.05, 0) is 52.0 Å². The van der Waals surface area contributed by atoms with Gasteiger partial charge >= 0.3 is 0 Å². The first-order valence-electron chi connectivity index (χ1n) is 10.1. The second kappa shape index (κ2) is 12.0. The minimum Gasteiger partial charge on any atom is -0.493 e. The van der Waals surface area contributed by atoms with Crippen LogP contribution in [0.3, 0.4) is 0 Å². The highest BCUT2D eigenvalue weighted by molar-refractivity contribution is 5.55. The molecule has 1 heterocycles. The largest absolute Gasteiger partial charge is 0.493 e. The zero-order chi connectivity index (χ0) is 19.5. The van der Waals surface area contributed by atoms with E-state index in [1.165, 1.54) is 12.8 Å². The van der Waals surface area contributed by atoms with Crippen molar-refractivity contribution < 1.29 is 9.47 Å². The van der Waals surface area contributed by atoms with Crippen LogP contribution in [0, 0.1) is 0 Å². The van der Waals surface area contributed by atoms with Crippen molar-refractivity contribution in [2.75, 3.05) is 52.8 Å². The van der Waals surface area contributed by atoms with Crippen LogP contribution in [-0.2, 0) is 0 Å². The molecule has 0 saturated carbocycles. The van der Waals surface area contributed by atoms with Crippen LogP contribution >= 0.6 is 0 Å². The van der Waals surface area contributed by atoms with Gasteiger partial charge in [0.2, 0.25) is 0 Å². The summed E-state index contributed by atoms with van der Waals surface area (Å²) < 4.78 is 11.4. The lowest BCUT2D eigenvalue weighted by molar-refractivity contribution is 0.111. The number of anilines is 1. The summed E-state index contributed by atoms with van der Waals surface area (Å²) >= 11 is 0. The molecule has 2 rings (SSSR count). The van der Waals surface area contributed by atoms with E-state index in [9.17, 15) is 0 Å². The Morgan fingerprint density at radius 3 is 2.78 bits per heavy atom. The number of nitrogens with zero attached hydrogens (tertiary/aromatic N) is 1. The van der Waals surface area contributed by atoms with E-state index in [0.717, 1.165) is 49.7 Å². The Labute approximate surface area is 164 Å². The number of ether oxygens (including phenoxy) is 2. The summed E-state index contributed by atoms with van der Waals surface area (Å²) in [5.74, 6) is 1.54. The lowest BCUT2D eigenvalue weighted by Crippen LogP contribution is -2.62. The number of rotatable bonds is 12. The Morgan fingerprint density at radius 2 is 2.07 bits per heavy atom. The van der Waals surface area contributed by atoms with Gasteiger partial charge in [0.25, 0.3) is 0 Å². The van der Waals surface area contributed by atoms with Crippen LogP contribution in [-0.4, -0.2) is 64.8 Å². The fourth-order valence-electron chi connectivity index (χ4n) is 3.23. The molecule has 7 nitrogen and oxygen atoms in total. The summed E-state index contributed by atoms with van der Waals surface area (Å²) in [6.07, 6.45) is 4.86. The second-order valence-corrected chi connectivity index (χ2v) is 6.90. The smallest absolute Gasteiger partial charge is 0.163 e. The summed E-state index contributed by atoms with van der Waals surface area (Å²) in [6.45, 7) is 5.98. The second-order valence-electron chi connectivity index (χ2n) is 6.90. The predicted molar refractivity (Wildman–Crippen MR) is 112 cm³/mol. The van der Waals surface area contributed by atoms with Crippen LogP contribution < -0.4 is 30.7 Å². The summed E-state index contributed by atoms with van der Waals surface area (Å²) in [5.41, 5.74) is 1.02. The lowest BCUT2D eigenvalue weighted by Gasteiger charge is -2.41. The monoisotopic (exact) mass is 379 g/mol. The molecule has 1 aromatic rings. The van der Waals surface area contributed by atoms with Crippen molar-refractivity contribution in [2.24, 2.45) is 0 Å². The van der Waals surface area contributed by atoms with Gasteiger partial charge in [0.15, 0.2) is 11.5 Å². The first kappa shape index (κ1) is 21.8. The minimum absolute atomic E-state index is 0.0910. The van der Waals surface area contributed by atoms with Gasteiger partial charge in [-0.15, -0.1) is 0 Å². The van der Waals surface area contributed by atoms with E-state index in [0.29, 0.717) is 12.8 Å². The predicted octanol–water partition coefficient (Wildman–Crippen LogP) is 2.02. The normalized spacial score (nSPS) is 20.4. The Hall–Kier alpha value is -1.54. The van der Waals surface area contributed by atoms with Crippen molar-refractivity contribution in [3.05, 3.63) is 18.2 Å². The molecule has 0 amide bonds. The molecule has 154 valence electrons. The van der Waals surface area contributed by atoms with E-state index in [2.05, 4.69) is 33.1 Å². The van der Waals surface area contributed by atoms with Gasteiger partial charge in [-0.2, -0.15) is 0 Å². The zero-order valence-corrected chi connectivity index (χ0v) is 17.3. The Morgan fingerprint density at radius 1 is 1.22 bits per heavy atom. The molecule has 1 aliphatic rings. The molecule has 0 spiro atoms. The number of hydrogen-bond donors (Lipinski definition) is 4. The molecule has 1 saturated heterocycles. The molecule has 0 bridgehead atoms. The lowest BCUT2D eigenvalue weighted by atomic mass is 10.2. The molecule has 2 atom stereocenters. The molecule has 1 aromatic carbocycles. The van der Waals surface area contributed by atoms with Crippen LogP contribution in [0.2, 0.25) is 0 Å². The third-order valence-electron chi connectivity index (χ3n) is 4.87. The van der Waals surface area contributed by atoms with Gasteiger partial charge in [0.1, 0.15) is 6.29 Å². The average Bonchev–Trinajstić information content (AvgIpc) is 2.70. The van der Waals surface area contributed by atoms with Crippen molar-refractivity contribution in [3.8, 4) is 11.5 Å². The molecule has 0 aromatic heterocycles. The molecule has 1 fully saturated rings. The van der Waals surface area contributed by atoms with Crippen LogP contribution in [0.4, 0.5) is 5.69 Å². The molecule has 7 heteroatoms. The molecule has 27 heavy (non-hydrogen) atoms. The van der Waals surface area contributed by atoms with E-state index in [1.54, 1.807) is 7.11 Å². The summed E-state index contributed by atoms with van der Waals surface area (Å²) in [4.78, 5) is 2.47. The highest BCUT2D eigenvalue weighted by Gasteiger charge is 2.26. The van der Waals surface area contributed by atoms with Crippen LogP contribution in [0.5, 0.6) is 11.5 Å². The van der Waals surface area contributed by atoms with E-state index < -0.39 is 0 Å². The first-order valence-corrected chi connectivity index (χ1v) is 10.1. The quantitative estimate of drug-likeness (QED) is 0.414. The van der Waals surface area contributed by atoms with Crippen molar-refractivity contribution in [2.45, 2.75) is 45.1 Å². The Balaban J connectivity index is 2.05. The third-order valence-corrected chi connectivity index (χ3v) is 4.87. The first-order chi connectivity index (χ1) is 13.2. The van der Waals surface area contributed by atoms with Crippen molar-refractivity contribution in [3.63, 3.8) is 0 Å². The maximum atomic E-state index is 5.94. The van der Waals surface area contributed by atoms with Gasteiger partial charge in [-0.1, -0.05) is 13.3 Å². The Kier molecular flexibility index (Phi) is 9.69. The van der Waals surface area contributed by atoms with E-state index >= 15 is 0 Å². The molecular formula is C20H37N5O2. The number of unbranched alkanes of at least 4 members (excludes halogenated alkanes) is 1. The molecule has 0 aliphatic carbocycles. The number of methoxy groups -OCH3 is 1. The van der Waals surface area contributed by atoms with Crippen LogP contribution in [0.25, 0.3) is 0 Å². The summed E-state index contributed by atoms with van der Waals surface area (Å²) in [6, 6.07) is 6.04. The Bertz CT molecular complexity index is 543. The highest BCUT2D eigenvalue weighted by atomic mass is 16.5. The SMILES string of the molecule is CCCCN1CCC(NC)NC1Nc1ccc(OC)c(OCCCNC)c1. The number of hydrogen-bond acceptors (Lipinski definition) is 7. The zero-order valence-electron chi connectivity index (χ0n) is 17.3. The average molecular weight is 380 g/mol. The fraction of sp³-hybridized carbons (Fsp3) is 0.700. The fourth-order valence-corrected chi connectivity index (χ4v) is 3.23. The van der Waals surface area contributed by atoms with Gasteiger partial charge in [-0.25, -0.2) is 0 Å². The van der Waals surface area contributed by atoms with E-state index in [-0.39, 0.29) is 6.29 Å². The standard InChI is InChI=1S/C20H37N5O2/c1-5-6-12-25-13-10-19(22-3)24-20(25)23-16-8-9-17(26-4)18(15-16)27-14-7-11-21-2/h8-9,15,19-24H,5-7,10-14H2,1-4H3. The van der Waals surface area contributed by atoms with Gasteiger partial charge < -0.3 is 25.4 Å². The maximum absolute atomic E-state index is 5.94. The molecule has 4 N–H and O–H groups in total. The van der Waals surface area contributed by atoms with Gasteiger partial charge in [-0.3, -0.25) is 10.2 Å². The van der Waals surface area contributed by atoms with Gasteiger partial charge in [0.05, 0.1) is 19.9 Å². The van der Waals surface area contributed by atoms with Crippen molar-refractivity contribution in [1.82, 2.24) is 20.9 Å². The van der Waals surface area contributed by atoms with E-state index in [4.69, 9.17) is 9.47 Å². The maximum Gasteiger partial charge on any atom is 0.163 e. The van der Waals surface area contributed by atoms with E-state index in [1.807, 2.05) is 32.3 Å². The minimum atomic E-state index is 0.0910. The van der Waals surface area contributed by atoms with Crippen molar-refractivity contribution in [1.29, 1.82) is 0 Å². The molecule has 0 radical (unpaired) electrons. The van der Waals surface area contributed by atoms with Gasteiger partial charge in [0, 0.05) is 24.8 Å². The molecule has 2 unspecified atom stereocenters. The number of nitrogens with one attached hydrogen (secondary N) is 4. The molecule has 1 aliphatic heterocycles. The summed E-state index contributed by atoms with van der Waals surface area (Å²) in [7, 11) is 5.63. The topological polar surface area (TPSA) is 69.8 Å². The van der Waals surface area contributed by atoms with Crippen LogP contribution in [0.1, 0.15) is 32.6 Å². The third kappa shape index (κ3) is 6.84. The highest BCUT2D eigenvalue weighted by Crippen LogP contribution is 2.31. The molecular weight excluding hydrogens is 342 g/mol. The van der Waals surface area contributed by atoms with Crippen molar-refractivity contribution >= 4 is 5.69 Å². The number of benzene rings is 1. The summed E-state index contributed by atoms with van der Waals surface area (Å²) in [5, 5.41) is 13.7. The van der Waals surface area contributed by atoms with Crippen LogP contribution in [0.15, 0.2) is 18.2 Å².